The van der Waals surface area contributed by atoms with E-state index >= 15 is 0 Å². The van der Waals surface area contributed by atoms with Crippen LogP contribution in [0.1, 0.15) is 36.1 Å². The number of nitrogens with zero attached hydrogens (tertiary/aromatic N) is 1. The molecule has 1 aromatic carbocycles. The maximum Gasteiger partial charge on any atom is 0.0589 e. The largest absolute Gasteiger partial charge is 0.309 e. The Balaban J connectivity index is 2.30. The van der Waals surface area contributed by atoms with Gasteiger partial charge in [-0.15, -0.1) is 0 Å². The summed E-state index contributed by atoms with van der Waals surface area (Å²) in [5.74, 6) is 0. The summed E-state index contributed by atoms with van der Waals surface area (Å²) in [4.78, 5) is 4.20. The number of rotatable bonds is 5. The van der Waals surface area contributed by atoms with E-state index in [-0.39, 0.29) is 6.04 Å². The highest BCUT2D eigenvalue weighted by atomic mass is 14.9. The fourth-order valence-electron chi connectivity index (χ4n) is 2.29. The van der Waals surface area contributed by atoms with Crippen molar-refractivity contribution in [2.45, 2.75) is 25.8 Å². The molecule has 0 aliphatic rings. The smallest absolute Gasteiger partial charge is 0.0589 e. The Hall–Kier alpha value is -1.67. The van der Waals surface area contributed by atoms with Crippen LogP contribution in [0.2, 0.25) is 0 Å². The Bertz CT molecular complexity index is 479. The molecule has 1 aromatic heterocycles. The van der Waals surface area contributed by atoms with Crippen molar-refractivity contribution >= 4 is 0 Å². The zero-order chi connectivity index (χ0) is 12.8. The van der Waals surface area contributed by atoms with Crippen LogP contribution >= 0.6 is 0 Å². The second-order valence-corrected chi connectivity index (χ2v) is 4.50. The zero-order valence-corrected chi connectivity index (χ0v) is 11.1. The van der Waals surface area contributed by atoms with Crippen LogP contribution in [0.5, 0.6) is 0 Å². The molecule has 2 nitrogen and oxygen atoms in total. The van der Waals surface area contributed by atoms with Gasteiger partial charge in [-0.05, 0) is 36.2 Å². The lowest BCUT2D eigenvalue weighted by Crippen LogP contribution is -2.17. The first kappa shape index (κ1) is 12.8. The Morgan fingerprint density at radius 2 is 2.00 bits per heavy atom. The van der Waals surface area contributed by atoms with Gasteiger partial charge in [0, 0.05) is 12.4 Å². The third-order valence-corrected chi connectivity index (χ3v) is 3.13. The van der Waals surface area contributed by atoms with Gasteiger partial charge in [-0.3, -0.25) is 4.98 Å². The molecule has 0 saturated heterocycles. The molecular formula is C16H20N2. The summed E-state index contributed by atoms with van der Waals surface area (Å²) in [6, 6.07) is 13.1. The van der Waals surface area contributed by atoms with E-state index in [2.05, 4.69) is 47.6 Å². The lowest BCUT2D eigenvalue weighted by molar-refractivity contribution is 0.687. The molecule has 0 bridgehead atoms. The molecule has 1 N–H and O–H groups in total. The molecule has 1 atom stereocenters. The van der Waals surface area contributed by atoms with Gasteiger partial charge >= 0.3 is 0 Å². The van der Waals surface area contributed by atoms with E-state index in [0.29, 0.717) is 0 Å². The van der Waals surface area contributed by atoms with Crippen LogP contribution < -0.4 is 5.32 Å². The highest BCUT2D eigenvalue weighted by molar-refractivity contribution is 5.33. The predicted octanol–water partition coefficient (Wildman–Crippen LogP) is 3.34. The monoisotopic (exact) mass is 240 g/mol. The summed E-state index contributed by atoms with van der Waals surface area (Å²) in [5.41, 5.74) is 3.91. The van der Waals surface area contributed by atoms with Gasteiger partial charge in [0.15, 0.2) is 0 Å². The van der Waals surface area contributed by atoms with Gasteiger partial charge in [-0.1, -0.05) is 43.7 Å². The standard InChI is InChI=1S/C16H20N2/c1-3-6-13-7-4-8-14(11-13)16(17-2)15-9-5-10-18-12-15/h4-5,7-12,16-17H,3,6H2,1-2H3. The van der Waals surface area contributed by atoms with Crippen molar-refractivity contribution in [3.8, 4) is 0 Å². The van der Waals surface area contributed by atoms with Crippen molar-refractivity contribution in [3.63, 3.8) is 0 Å². The summed E-state index contributed by atoms with van der Waals surface area (Å²) in [7, 11) is 1.99. The summed E-state index contributed by atoms with van der Waals surface area (Å²) in [6.07, 6.45) is 6.05. The number of nitrogens with one attached hydrogen (secondary N) is 1. The van der Waals surface area contributed by atoms with Crippen LogP contribution in [-0.2, 0) is 6.42 Å². The van der Waals surface area contributed by atoms with Crippen molar-refractivity contribution in [1.29, 1.82) is 0 Å². The second-order valence-electron chi connectivity index (χ2n) is 4.50. The molecule has 1 heterocycles. The number of aromatic nitrogens is 1. The molecule has 0 spiro atoms. The van der Waals surface area contributed by atoms with E-state index in [4.69, 9.17) is 0 Å². The molecule has 2 rings (SSSR count). The Labute approximate surface area is 109 Å². The highest BCUT2D eigenvalue weighted by Gasteiger charge is 2.11. The summed E-state index contributed by atoms with van der Waals surface area (Å²) < 4.78 is 0. The molecule has 1 unspecified atom stereocenters. The van der Waals surface area contributed by atoms with Crippen LogP contribution in [0.15, 0.2) is 48.8 Å². The quantitative estimate of drug-likeness (QED) is 0.867. The molecule has 0 radical (unpaired) electrons. The Morgan fingerprint density at radius 3 is 2.67 bits per heavy atom. The maximum atomic E-state index is 4.20. The summed E-state index contributed by atoms with van der Waals surface area (Å²) in [5, 5.41) is 3.36. The fourth-order valence-corrected chi connectivity index (χ4v) is 2.29. The van der Waals surface area contributed by atoms with Crippen molar-refractivity contribution in [2.24, 2.45) is 0 Å². The van der Waals surface area contributed by atoms with Gasteiger partial charge in [0.2, 0.25) is 0 Å². The SMILES string of the molecule is CCCc1cccc(C(NC)c2cccnc2)c1. The minimum absolute atomic E-state index is 0.218. The van der Waals surface area contributed by atoms with E-state index in [1.807, 2.05) is 25.5 Å². The van der Waals surface area contributed by atoms with Gasteiger partial charge in [0.05, 0.1) is 6.04 Å². The van der Waals surface area contributed by atoms with Crippen molar-refractivity contribution in [1.82, 2.24) is 10.3 Å². The molecule has 18 heavy (non-hydrogen) atoms. The molecule has 0 aliphatic carbocycles. The van der Waals surface area contributed by atoms with Gasteiger partial charge in [0.1, 0.15) is 0 Å². The van der Waals surface area contributed by atoms with Crippen molar-refractivity contribution in [2.75, 3.05) is 7.05 Å². The summed E-state index contributed by atoms with van der Waals surface area (Å²) in [6.45, 7) is 2.21. The molecule has 2 aromatic rings. The number of pyridine rings is 1. The third kappa shape index (κ3) is 2.96. The fraction of sp³-hybridized carbons (Fsp3) is 0.312. The van der Waals surface area contributed by atoms with Crippen LogP contribution in [0, 0.1) is 0 Å². The number of aryl methyl sites for hydroxylation is 1. The Morgan fingerprint density at radius 1 is 1.17 bits per heavy atom. The number of hydrogen-bond donors (Lipinski definition) is 1. The van der Waals surface area contributed by atoms with Crippen LogP contribution in [0.25, 0.3) is 0 Å². The topological polar surface area (TPSA) is 24.9 Å². The average molecular weight is 240 g/mol. The van der Waals surface area contributed by atoms with Crippen LogP contribution in [0.3, 0.4) is 0 Å². The first-order chi connectivity index (χ1) is 8.85. The maximum absolute atomic E-state index is 4.20. The molecule has 2 heteroatoms. The molecule has 0 amide bonds. The van der Waals surface area contributed by atoms with Gasteiger partial charge in [-0.2, -0.15) is 0 Å². The van der Waals surface area contributed by atoms with Gasteiger partial charge in [-0.25, -0.2) is 0 Å². The highest BCUT2D eigenvalue weighted by Crippen LogP contribution is 2.22. The lowest BCUT2D eigenvalue weighted by Gasteiger charge is -2.17. The first-order valence-corrected chi connectivity index (χ1v) is 6.51. The molecule has 0 saturated carbocycles. The first-order valence-electron chi connectivity index (χ1n) is 6.51. The number of hydrogen-bond acceptors (Lipinski definition) is 2. The zero-order valence-electron chi connectivity index (χ0n) is 11.1. The van der Waals surface area contributed by atoms with Crippen molar-refractivity contribution in [3.05, 3.63) is 65.5 Å². The van der Waals surface area contributed by atoms with Crippen LogP contribution in [0.4, 0.5) is 0 Å². The number of benzene rings is 1. The average Bonchev–Trinajstić information content (AvgIpc) is 2.42. The Kier molecular flexibility index (Phi) is 4.48. The van der Waals surface area contributed by atoms with E-state index in [1.54, 1.807) is 0 Å². The third-order valence-electron chi connectivity index (χ3n) is 3.13. The molecular weight excluding hydrogens is 220 g/mol. The van der Waals surface area contributed by atoms with E-state index < -0.39 is 0 Å². The van der Waals surface area contributed by atoms with E-state index in [1.165, 1.54) is 23.1 Å². The lowest BCUT2D eigenvalue weighted by atomic mass is 9.97. The minimum atomic E-state index is 0.218. The van der Waals surface area contributed by atoms with Crippen molar-refractivity contribution < 1.29 is 0 Å². The van der Waals surface area contributed by atoms with E-state index in [0.717, 1.165) is 6.42 Å². The minimum Gasteiger partial charge on any atom is -0.309 e. The van der Waals surface area contributed by atoms with Gasteiger partial charge < -0.3 is 5.32 Å². The van der Waals surface area contributed by atoms with E-state index in [9.17, 15) is 0 Å². The second kappa shape index (κ2) is 6.31. The summed E-state index contributed by atoms with van der Waals surface area (Å²) >= 11 is 0. The normalized spacial score (nSPS) is 12.3. The molecule has 0 aliphatic heterocycles. The predicted molar refractivity (Wildman–Crippen MR) is 75.6 cm³/mol. The van der Waals surface area contributed by atoms with Crippen LogP contribution in [-0.4, -0.2) is 12.0 Å². The molecule has 94 valence electrons. The molecule has 0 fully saturated rings. The van der Waals surface area contributed by atoms with Gasteiger partial charge in [0.25, 0.3) is 0 Å².